The highest BCUT2D eigenvalue weighted by Crippen LogP contribution is 2.20. The molecule has 1 atom stereocenters. The number of hydrogen-bond donors (Lipinski definition) is 2. The molecular weight excluding hydrogens is 314 g/mol. The van der Waals surface area contributed by atoms with Crippen LogP contribution >= 0.6 is 0 Å². The number of hydrogen-bond acceptors (Lipinski definition) is 6. The van der Waals surface area contributed by atoms with Crippen molar-refractivity contribution in [3.63, 3.8) is 0 Å². The predicted molar refractivity (Wildman–Crippen MR) is 73.1 cm³/mol. The third-order valence-electron chi connectivity index (χ3n) is 2.75. The van der Waals surface area contributed by atoms with Crippen LogP contribution in [0.4, 0.5) is 0 Å². The minimum atomic E-state index is -4.25. The molecule has 1 unspecified atom stereocenters. The largest absolute Gasteiger partial charge is 0.480 e. The van der Waals surface area contributed by atoms with Gasteiger partial charge in [0.15, 0.2) is 0 Å². The number of carbonyl (C=O) groups excluding carboxylic acids is 1. The highest BCUT2D eigenvalue weighted by Gasteiger charge is 2.34. The van der Waals surface area contributed by atoms with Crippen molar-refractivity contribution >= 4 is 21.9 Å². The van der Waals surface area contributed by atoms with Crippen molar-refractivity contribution < 1.29 is 27.5 Å². The Morgan fingerprint density at radius 2 is 2.14 bits per heavy atom. The number of carboxylic acid groups (broad SMARTS) is 1. The Morgan fingerprint density at radius 3 is 2.59 bits per heavy atom. The van der Waals surface area contributed by atoms with Crippen LogP contribution in [0.5, 0.6) is 0 Å². The SMILES string of the molecule is CC(=O)NCCN(C(C)C(=O)O)S(=O)(=O)c1ccc(C#N)o1. The van der Waals surface area contributed by atoms with Gasteiger partial charge in [-0.05, 0) is 19.1 Å². The second-order valence-corrected chi connectivity index (χ2v) is 6.16. The number of furan rings is 1. The Balaban J connectivity index is 3.10. The molecule has 0 bridgehead atoms. The van der Waals surface area contributed by atoms with Crippen molar-refractivity contribution in [2.24, 2.45) is 0 Å². The molecule has 1 rings (SSSR count). The molecule has 1 heterocycles. The molecule has 120 valence electrons. The third-order valence-corrected chi connectivity index (χ3v) is 4.59. The van der Waals surface area contributed by atoms with E-state index in [2.05, 4.69) is 5.32 Å². The molecule has 1 aromatic heterocycles. The second kappa shape index (κ2) is 7.06. The highest BCUT2D eigenvalue weighted by molar-refractivity contribution is 7.89. The van der Waals surface area contributed by atoms with E-state index in [0.29, 0.717) is 4.31 Å². The van der Waals surface area contributed by atoms with Gasteiger partial charge in [-0.3, -0.25) is 9.59 Å². The quantitative estimate of drug-likeness (QED) is 0.702. The van der Waals surface area contributed by atoms with E-state index in [1.165, 1.54) is 19.9 Å². The van der Waals surface area contributed by atoms with Gasteiger partial charge in [0, 0.05) is 20.0 Å². The van der Waals surface area contributed by atoms with Crippen molar-refractivity contribution in [3.05, 3.63) is 17.9 Å². The van der Waals surface area contributed by atoms with E-state index in [1.54, 1.807) is 6.07 Å². The fourth-order valence-corrected chi connectivity index (χ4v) is 3.13. The predicted octanol–water partition coefficient (Wildman–Crippen LogP) is -0.249. The van der Waals surface area contributed by atoms with Crippen molar-refractivity contribution in [1.82, 2.24) is 9.62 Å². The van der Waals surface area contributed by atoms with Gasteiger partial charge in [-0.15, -0.1) is 0 Å². The fourth-order valence-electron chi connectivity index (χ4n) is 1.62. The Labute approximate surface area is 127 Å². The number of carboxylic acids is 1. The van der Waals surface area contributed by atoms with Gasteiger partial charge in [0.2, 0.25) is 16.8 Å². The molecular formula is C12H15N3O6S. The minimum absolute atomic E-state index is 0.0575. The maximum atomic E-state index is 12.4. The van der Waals surface area contributed by atoms with Crippen LogP contribution in [0.2, 0.25) is 0 Å². The van der Waals surface area contributed by atoms with E-state index in [1.807, 2.05) is 0 Å². The summed E-state index contributed by atoms with van der Waals surface area (Å²) in [5.74, 6) is -1.92. The second-order valence-electron chi connectivity index (χ2n) is 4.34. The van der Waals surface area contributed by atoms with Crippen molar-refractivity contribution in [3.8, 4) is 6.07 Å². The van der Waals surface area contributed by atoms with Gasteiger partial charge in [0.05, 0.1) is 0 Å². The summed E-state index contributed by atoms with van der Waals surface area (Å²) >= 11 is 0. The molecule has 0 aliphatic heterocycles. The Morgan fingerprint density at radius 1 is 1.50 bits per heavy atom. The smallest absolute Gasteiger partial charge is 0.321 e. The van der Waals surface area contributed by atoms with Crippen LogP contribution in [0.15, 0.2) is 21.6 Å². The van der Waals surface area contributed by atoms with Crippen LogP contribution in [0.1, 0.15) is 19.6 Å². The average Bonchev–Trinajstić information content (AvgIpc) is 2.91. The number of nitriles is 1. The van der Waals surface area contributed by atoms with Gasteiger partial charge in [-0.2, -0.15) is 9.57 Å². The fraction of sp³-hybridized carbons (Fsp3) is 0.417. The molecule has 0 fully saturated rings. The molecule has 0 spiro atoms. The lowest BCUT2D eigenvalue weighted by Gasteiger charge is -2.24. The first kappa shape index (κ1) is 17.7. The van der Waals surface area contributed by atoms with Gasteiger partial charge in [0.25, 0.3) is 10.0 Å². The molecule has 10 heteroatoms. The summed E-state index contributed by atoms with van der Waals surface area (Å²) < 4.78 is 30.4. The lowest BCUT2D eigenvalue weighted by molar-refractivity contribution is -0.140. The number of nitrogens with one attached hydrogen (secondary N) is 1. The molecule has 2 N–H and O–H groups in total. The summed E-state index contributed by atoms with van der Waals surface area (Å²) in [7, 11) is -4.25. The first-order valence-electron chi connectivity index (χ1n) is 6.19. The first-order valence-corrected chi connectivity index (χ1v) is 7.63. The van der Waals surface area contributed by atoms with E-state index in [4.69, 9.17) is 14.8 Å². The topological polar surface area (TPSA) is 141 Å². The summed E-state index contributed by atoms with van der Waals surface area (Å²) in [6, 6.07) is 2.53. The molecule has 0 aliphatic rings. The van der Waals surface area contributed by atoms with Crippen LogP contribution in [0, 0.1) is 11.3 Å². The van der Waals surface area contributed by atoms with Gasteiger partial charge in [-0.25, -0.2) is 8.42 Å². The number of sulfonamides is 1. The normalized spacial score (nSPS) is 12.6. The van der Waals surface area contributed by atoms with Gasteiger partial charge < -0.3 is 14.8 Å². The number of rotatable bonds is 7. The van der Waals surface area contributed by atoms with Crippen molar-refractivity contribution in [1.29, 1.82) is 5.26 Å². The molecule has 1 amide bonds. The maximum absolute atomic E-state index is 12.4. The molecule has 0 saturated carbocycles. The summed E-state index contributed by atoms with van der Waals surface area (Å²) in [4.78, 5) is 21.9. The zero-order valence-electron chi connectivity index (χ0n) is 11.9. The summed E-state index contributed by atoms with van der Waals surface area (Å²) in [5.41, 5.74) is 0. The number of aliphatic carboxylic acids is 1. The van der Waals surface area contributed by atoms with E-state index >= 15 is 0 Å². The third kappa shape index (κ3) is 4.06. The molecule has 22 heavy (non-hydrogen) atoms. The molecule has 9 nitrogen and oxygen atoms in total. The maximum Gasteiger partial charge on any atom is 0.321 e. The summed E-state index contributed by atoms with van der Waals surface area (Å²) in [6.45, 7) is 2.14. The Kier molecular flexibility index (Phi) is 5.67. The van der Waals surface area contributed by atoms with Crippen molar-refractivity contribution in [2.75, 3.05) is 13.1 Å². The lowest BCUT2D eigenvalue weighted by atomic mass is 10.3. The van der Waals surface area contributed by atoms with Crippen LogP contribution in [0.25, 0.3) is 0 Å². The highest BCUT2D eigenvalue weighted by atomic mass is 32.2. The van der Waals surface area contributed by atoms with Gasteiger partial charge >= 0.3 is 5.97 Å². The first-order chi connectivity index (χ1) is 10.2. The van der Waals surface area contributed by atoms with E-state index in [-0.39, 0.29) is 24.8 Å². The molecule has 1 aromatic rings. The molecule has 0 aliphatic carbocycles. The summed E-state index contributed by atoms with van der Waals surface area (Å²) in [6.07, 6.45) is 0. The molecule has 0 aromatic carbocycles. The Bertz CT molecular complexity index is 703. The van der Waals surface area contributed by atoms with E-state index < -0.39 is 27.1 Å². The standard InChI is InChI=1S/C12H15N3O6S/c1-8(12(17)18)15(6-5-14-9(2)16)22(19,20)11-4-3-10(7-13)21-11/h3-4,8H,5-6H2,1-2H3,(H,14,16)(H,17,18). The zero-order chi connectivity index (χ0) is 16.9. The van der Waals surface area contributed by atoms with Gasteiger partial charge in [0.1, 0.15) is 12.1 Å². The number of amides is 1. The van der Waals surface area contributed by atoms with E-state index in [0.717, 1.165) is 6.07 Å². The van der Waals surface area contributed by atoms with Crippen molar-refractivity contribution in [2.45, 2.75) is 25.0 Å². The summed E-state index contributed by atoms with van der Waals surface area (Å²) in [5, 5.41) is 19.6. The number of nitrogens with zero attached hydrogens (tertiary/aromatic N) is 2. The monoisotopic (exact) mass is 329 g/mol. The molecule has 0 radical (unpaired) electrons. The van der Waals surface area contributed by atoms with Crippen LogP contribution in [-0.2, 0) is 19.6 Å². The number of carbonyl (C=O) groups is 2. The van der Waals surface area contributed by atoms with Crippen LogP contribution in [-0.4, -0.2) is 48.8 Å². The lowest BCUT2D eigenvalue weighted by Crippen LogP contribution is -2.46. The molecule has 0 saturated heterocycles. The minimum Gasteiger partial charge on any atom is -0.480 e. The van der Waals surface area contributed by atoms with Gasteiger partial charge in [-0.1, -0.05) is 0 Å². The van der Waals surface area contributed by atoms with Crippen LogP contribution < -0.4 is 5.32 Å². The Hall–Kier alpha value is -2.38. The van der Waals surface area contributed by atoms with Crippen LogP contribution in [0.3, 0.4) is 0 Å². The average molecular weight is 329 g/mol. The van der Waals surface area contributed by atoms with E-state index in [9.17, 15) is 18.0 Å². The zero-order valence-corrected chi connectivity index (χ0v) is 12.8.